The van der Waals surface area contributed by atoms with Gasteiger partial charge < -0.3 is 5.32 Å². The summed E-state index contributed by atoms with van der Waals surface area (Å²) in [6.07, 6.45) is 5.30. The molecule has 0 bridgehead atoms. The van der Waals surface area contributed by atoms with Gasteiger partial charge in [0.2, 0.25) is 5.91 Å². The van der Waals surface area contributed by atoms with Crippen molar-refractivity contribution in [3.63, 3.8) is 0 Å². The minimum atomic E-state index is -0.0334. The van der Waals surface area contributed by atoms with E-state index in [4.69, 9.17) is 5.26 Å². The lowest BCUT2D eigenvalue weighted by molar-refractivity contribution is -0.120. The Kier molecular flexibility index (Phi) is 5.37. The van der Waals surface area contributed by atoms with Crippen molar-refractivity contribution in [3.8, 4) is 6.07 Å². The summed E-state index contributed by atoms with van der Waals surface area (Å²) in [6, 6.07) is 2.03. The summed E-state index contributed by atoms with van der Waals surface area (Å²) in [5.74, 6) is 0.338. The molecule has 5 nitrogen and oxygen atoms in total. The summed E-state index contributed by atoms with van der Waals surface area (Å²) < 4.78 is 1.53. The van der Waals surface area contributed by atoms with E-state index >= 15 is 0 Å². The highest BCUT2D eigenvalue weighted by molar-refractivity contribution is 5.92. The number of aryl methyl sites for hydroxylation is 1. The van der Waals surface area contributed by atoms with Crippen LogP contribution < -0.4 is 5.32 Å². The van der Waals surface area contributed by atoms with E-state index in [1.807, 2.05) is 6.07 Å². The molecule has 1 aromatic rings. The Morgan fingerprint density at radius 1 is 1.50 bits per heavy atom. The van der Waals surface area contributed by atoms with Crippen LogP contribution in [0.3, 0.4) is 0 Å². The van der Waals surface area contributed by atoms with Gasteiger partial charge in [-0.1, -0.05) is 26.7 Å². The molecule has 1 heterocycles. The number of carbonyl (C=O) groups excluding carboxylic acids is 1. The van der Waals surface area contributed by atoms with E-state index in [9.17, 15) is 4.79 Å². The molecule has 18 heavy (non-hydrogen) atoms. The van der Waals surface area contributed by atoms with Crippen molar-refractivity contribution in [1.29, 1.82) is 5.26 Å². The number of carbonyl (C=O) groups is 1. The summed E-state index contributed by atoms with van der Waals surface area (Å²) in [5.41, 5.74) is 0.401. The lowest BCUT2D eigenvalue weighted by atomic mass is 9.97. The first kappa shape index (κ1) is 14.2. The van der Waals surface area contributed by atoms with Crippen LogP contribution in [0.2, 0.25) is 0 Å². The highest BCUT2D eigenvalue weighted by atomic mass is 16.2. The molecule has 0 aromatic carbocycles. The van der Waals surface area contributed by atoms with Crippen molar-refractivity contribution in [2.45, 2.75) is 39.5 Å². The molecular formula is C13H20N4O. The van der Waals surface area contributed by atoms with E-state index in [1.54, 1.807) is 13.2 Å². The number of hydrogen-bond donors (Lipinski definition) is 1. The van der Waals surface area contributed by atoms with Crippen LogP contribution in [-0.4, -0.2) is 15.7 Å². The summed E-state index contributed by atoms with van der Waals surface area (Å²) >= 11 is 0. The van der Waals surface area contributed by atoms with Crippen molar-refractivity contribution in [2.75, 3.05) is 5.32 Å². The third-order valence-electron chi connectivity index (χ3n) is 2.84. The van der Waals surface area contributed by atoms with Crippen LogP contribution in [-0.2, 0) is 11.8 Å². The molecule has 0 aliphatic carbocycles. The second-order valence-corrected chi connectivity index (χ2v) is 4.44. The Labute approximate surface area is 108 Å². The van der Waals surface area contributed by atoms with Crippen molar-refractivity contribution in [3.05, 3.63) is 11.8 Å². The monoisotopic (exact) mass is 248 g/mol. The second-order valence-electron chi connectivity index (χ2n) is 4.44. The summed E-state index contributed by atoms with van der Waals surface area (Å²) in [4.78, 5) is 12.1. The smallest absolute Gasteiger partial charge is 0.228 e. The van der Waals surface area contributed by atoms with Gasteiger partial charge in [0.05, 0.1) is 0 Å². The minimum Gasteiger partial charge on any atom is -0.308 e. The Balaban J connectivity index is 2.75. The zero-order chi connectivity index (χ0) is 13.5. The van der Waals surface area contributed by atoms with Gasteiger partial charge in [-0.05, 0) is 12.8 Å². The molecule has 0 aliphatic rings. The molecule has 1 aromatic heterocycles. The maximum absolute atomic E-state index is 12.1. The van der Waals surface area contributed by atoms with Gasteiger partial charge in [-0.2, -0.15) is 10.4 Å². The van der Waals surface area contributed by atoms with Crippen LogP contribution in [0.4, 0.5) is 5.82 Å². The van der Waals surface area contributed by atoms with Crippen LogP contribution in [0.5, 0.6) is 0 Å². The van der Waals surface area contributed by atoms with Crippen molar-refractivity contribution < 1.29 is 4.79 Å². The number of nitrogens with one attached hydrogen (secondary N) is 1. The van der Waals surface area contributed by atoms with Crippen molar-refractivity contribution in [2.24, 2.45) is 13.0 Å². The molecule has 0 spiro atoms. The van der Waals surface area contributed by atoms with Gasteiger partial charge in [-0.25, -0.2) is 0 Å². The number of rotatable bonds is 6. The molecule has 1 rings (SSSR count). The van der Waals surface area contributed by atoms with E-state index in [2.05, 4.69) is 24.3 Å². The summed E-state index contributed by atoms with van der Waals surface area (Å²) in [7, 11) is 1.73. The molecule has 98 valence electrons. The zero-order valence-electron chi connectivity index (χ0n) is 11.2. The number of aromatic nitrogens is 2. The van der Waals surface area contributed by atoms with E-state index in [-0.39, 0.29) is 11.8 Å². The number of amides is 1. The van der Waals surface area contributed by atoms with Gasteiger partial charge in [0.25, 0.3) is 0 Å². The first-order chi connectivity index (χ1) is 8.62. The molecule has 5 heteroatoms. The van der Waals surface area contributed by atoms with Gasteiger partial charge in [-0.3, -0.25) is 9.48 Å². The van der Waals surface area contributed by atoms with Gasteiger partial charge in [0.1, 0.15) is 11.6 Å². The SMILES string of the molecule is CCCC(CCC)C(=O)Nc1nn(C)cc1C#N. The summed E-state index contributed by atoms with van der Waals surface area (Å²) in [5, 5.41) is 15.8. The van der Waals surface area contributed by atoms with E-state index < -0.39 is 0 Å². The van der Waals surface area contributed by atoms with Crippen molar-refractivity contribution in [1.82, 2.24) is 9.78 Å². The third-order valence-corrected chi connectivity index (χ3v) is 2.84. The Morgan fingerprint density at radius 3 is 2.61 bits per heavy atom. The molecule has 0 saturated carbocycles. The fourth-order valence-electron chi connectivity index (χ4n) is 1.98. The van der Waals surface area contributed by atoms with Crippen LogP contribution in [0.25, 0.3) is 0 Å². The Morgan fingerprint density at radius 2 is 2.11 bits per heavy atom. The quantitative estimate of drug-likeness (QED) is 0.840. The zero-order valence-corrected chi connectivity index (χ0v) is 11.2. The molecule has 0 saturated heterocycles. The molecule has 0 unspecified atom stereocenters. The Hall–Kier alpha value is -1.83. The fourth-order valence-corrected chi connectivity index (χ4v) is 1.98. The predicted octanol–water partition coefficient (Wildman–Crippen LogP) is 2.45. The number of nitriles is 1. The lowest BCUT2D eigenvalue weighted by Gasteiger charge is -2.14. The highest BCUT2D eigenvalue weighted by Crippen LogP contribution is 2.18. The molecule has 1 N–H and O–H groups in total. The van der Waals surface area contributed by atoms with E-state index in [1.165, 1.54) is 4.68 Å². The van der Waals surface area contributed by atoms with Gasteiger partial charge in [0.15, 0.2) is 5.82 Å². The molecule has 1 amide bonds. The lowest BCUT2D eigenvalue weighted by Crippen LogP contribution is -2.23. The number of nitrogens with zero attached hydrogens (tertiary/aromatic N) is 3. The van der Waals surface area contributed by atoms with Gasteiger partial charge in [0, 0.05) is 19.2 Å². The maximum atomic E-state index is 12.1. The largest absolute Gasteiger partial charge is 0.308 e. The first-order valence-corrected chi connectivity index (χ1v) is 6.36. The van der Waals surface area contributed by atoms with Crippen molar-refractivity contribution >= 4 is 11.7 Å². The standard InChI is InChI=1S/C13H20N4O/c1-4-6-10(7-5-2)13(18)15-12-11(8-14)9-17(3)16-12/h9-10H,4-7H2,1-3H3,(H,15,16,18). The normalized spacial score (nSPS) is 10.4. The predicted molar refractivity (Wildman–Crippen MR) is 69.9 cm³/mol. The molecule has 0 atom stereocenters. The van der Waals surface area contributed by atoms with E-state index in [0.29, 0.717) is 11.4 Å². The van der Waals surface area contributed by atoms with Crippen LogP contribution >= 0.6 is 0 Å². The first-order valence-electron chi connectivity index (χ1n) is 6.36. The van der Waals surface area contributed by atoms with Crippen LogP contribution in [0, 0.1) is 17.2 Å². The number of anilines is 1. The van der Waals surface area contributed by atoms with Crippen LogP contribution in [0.15, 0.2) is 6.20 Å². The molecular weight excluding hydrogens is 228 g/mol. The minimum absolute atomic E-state index is 0.00792. The van der Waals surface area contributed by atoms with Gasteiger partial charge >= 0.3 is 0 Å². The average Bonchev–Trinajstić information content (AvgIpc) is 2.69. The average molecular weight is 248 g/mol. The third kappa shape index (κ3) is 3.59. The summed E-state index contributed by atoms with van der Waals surface area (Å²) in [6.45, 7) is 4.13. The van der Waals surface area contributed by atoms with Gasteiger partial charge in [-0.15, -0.1) is 0 Å². The topological polar surface area (TPSA) is 70.7 Å². The fraction of sp³-hybridized carbons (Fsp3) is 0.615. The Bertz CT molecular complexity index is 438. The molecule has 0 fully saturated rings. The number of hydrogen-bond acceptors (Lipinski definition) is 3. The second kappa shape index (κ2) is 6.80. The maximum Gasteiger partial charge on any atom is 0.228 e. The highest BCUT2D eigenvalue weighted by Gasteiger charge is 2.19. The van der Waals surface area contributed by atoms with E-state index in [0.717, 1.165) is 25.7 Å². The molecule has 0 aliphatic heterocycles. The van der Waals surface area contributed by atoms with Crippen LogP contribution in [0.1, 0.15) is 45.1 Å². The molecule has 0 radical (unpaired) electrons.